The molecule has 0 radical (unpaired) electrons. The summed E-state index contributed by atoms with van der Waals surface area (Å²) in [5, 5.41) is 8.95. The van der Waals surface area contributed by atoms with E-state index in [4.69, 9.17) is 5.11 Å². The summed E-state index contributed by atoms with van der Waals surface area (Å²) < 4.78 is 0. The summed E-state index contributed by atoms with van der Waals surface area (Å²) in [6.07, 6.45) is 2.70. The zero-order valence-corrected chi connectivity index (χ0v) is 10.9. The van der Waals surface area contributed by atoms with Crippen LogP contribution < -0.4 is 0 Å². The van der Waals surface area contributed by atoms with Crippen molar-refractivity contribution >= 4 is 5.91 Å². The Labute approximate surface area is 108 Å². The van der Waals surface area contributed by atoms with Gasteiger partial charge in [-0.05, 0) is 36.8 Å². The van der Waals surface area contributed by atoms with Crippen LogP contribution in [0.1, 0.15) is 35.7 Å². The quantitative estimate of drug-likeness (QED) is 0.885. The largest absolute Gasteiger partial charge is 0.396 e. The fourth-order valence-electron chi connectivity index (χ4n) is 2.64. The molecule has 1 saturated heterocycles. The molecule has 0 saturated carbocycles. The molecule has 1 amide bonds. The number of hydrogen-bond donors (Lipinski definition) is 1. The maximum absolute atomic E-state index is 12.4. The van der Waals surface area contributed by atoms with Crippen LogP contribution in [-0.2, 0) is 6.42 Å². The maximum Gasteiger partial charge on any atom is 0.254 e. The highest BCUT2D eigenvalue weighted by Crippen LogP contribution is 2.22. The summed E-state index contributed by atoms with van der Waals surface area (Å²) in [7, 11) is 0. The number of carbonyl (C=O) groups is 1. The highest BCUT2D eigenvalue weighted by Gasteiger charge is 2.27. The van der Waals surface area contributed by atoms with Crippen LogP contribution in [-0.4, -0.2) is 35.6 Å². The predicted molar refractivity (Wildman–Crippen MR) is 71.5 cm³/mol. The third kappa shape index (κ3) is 2.72. The number of carbonyl (C=O) groups excluding carboxylic acids is 1. The molecule has 1 atom stereocenters. The van der Waals surface area contributed by atoms with Crippen molar-refractivity contribution in [2.45, 2.75) is 26.2 Å². The van der Waals surface area contributed by atoms with Crippen LogP contribution in [0.5, 0.6) is 0 Å². The normalized spacial score (nSPS) is 19.2. The lowest BCUT2D eigenvalue weighted by Crippen LogP contribution is -2.29. The first kappa shape index (κ1) is 13.1. The Balaban J connectivity index is 2.08. The van der Waals surface area contributed by atoms with Gasteiger partial charge in [0.05, 0.1) is 0 Å². The summed E-state index contributed by atoms with van der Waals surface area (Å²) in [5.74, 6) is 0.612. The third-order valence-corrected chi connectivity index (χ3v) is 3.74. The molecule has 0 aliphatic carbocycles. The van der Waals surface area contributed by atoms with E-state index in [0.717, 1.165) is 43.5 Å². The molecule has 1 fully saturated rings. The lowest BCUT2D eigenvalue weighted by atomic mass is 10.0. The molecular formula is C15H21NO2. The van der Waals surface area contributed by atoms with Crippen molar-refractivity contribution in [3.8, 4) is 0 Å². The lowest BCUT2D eigenvalue weighted by molar-refractivity contribution is 0.0783. The summed E-state index contributed by atoms with van der Waals surface area (Å²) in [6.45, 7) is 3.90. The average Bonchev–Trinajstić information content (AvgIpc) is 2.87. The molecule has 0 aromatic heterocycles. The van der Waals surface area contributed by atoms with Crippen LogP contribution >= 0.6 is 0 Å². The highest BCUT2D eigenvalue weighted by molar-refractivity contribution is 5.95. The van der Waals surface area contributed by atoms with Crippen LogP contribution in [0.15, 0.2) is 24.3 Å². The van der Waals surface area contributed by atoms with E-state index in [1.54, 1.807) is 0 Å². The second kappa shape index (κ2) is 6.01. The van der Waals surface area contributed by atoms with Gasteiger partial charge in [-0.1, -0.05) is 25.1 Å². The van der Waals surface area contributed by atoms with E-state index in [2.05, 4.69) is 6.92 Å². The minimum Gasteiger partial charge on any atom is -0.396 e. The number of aliphatic hydroxyl groups excluding tert-OH is 1. The highest BCUT2D eigenvalue weighted by atomic mass is 16.3. The fourth-order valence-corrected chi connectivity index (χ4v) is 2.64. The van der Waals surface area contributed by atoms with Crippen molar-refractivity contribution in [2.24, 2.45) is 5.92 Å². The molecule has 3 heteroatoms. The lowest BCUT2D eigenvalue weighted by Gasteiger charge is -2.18. The van der Waals surface area contributed by atoms with E-state index in [9.17, 15) is 4.79 Å². The van der Waals surface area contributed by atoms with Gasteiger partial charge in [-0.25, -0.2) is 0 Å². The van der Waals surface area contributed by atoms with Crippen molar-refractivity contribution in [3.63, 3.8) is 0 Å². The zero-order chi connectivity index (χ0) is 13.0. The Bertz CT molecular complexity index is 417. The molecule has 0 bridgehead atoms. The Morgan fingerprint density at radius 2 is 2.22 bits per heavy atom. The molecule has 1 unspecified atom stereocenters. The fraction of sp³-hybridized carbons (Fsp3) is 0.533. The average molecular weight is 247 g/mol. The molecule has 1 aliphatic heterocycles. The standard InChI is InChI=1S/C15H21NO2/c1-2-13-5-3-4-6-14(13)15(18)16-9-7-12(11-16)8-10-17/h3-6,12,17H,2,7-11H2,1H3. The van der Waals surface area contributed by atoms with Gasteiger partial charge in [0, 0.05) is 25.3 Å². The monoisotopic (exact) mass is 247 g/mol. The van der Waals surface area contributed by atoms with Crippen LogP contribution in [0.2, 0.25) is 0 Å². The molecule has 1 aromatic rings. The SMILES string of the molecule is CCc1ccccc1C(=O)N1CCC(CCO)C1. The molecule has 18 heavy (non-hydrogen) atoms. The number of hydrogen-bond acceptors (Lipinski definition) is 2. The smallest absolute Gasteiger partial charge is 0.254 e. The molecule has 3 nitrogen and oxygen atoms in total. The van der Waals surface area contributed by atoms with Crippen LogP contribution in [0.25, 0.3) is 0 Å². The van der Waals surface area contributed by atoms with Crippen molar-refractivity contribution < 1.29 is 9.90 Å². The van der Waals surface area contributed by atoms with Gasteiger partial charge in [0.15, 0.2) is 0 Å². The number of likely N-dealkylation sites (tertiary alicyclic amines) is 1. The van der Waals surface area contributed by atoms with Crippen LogP contribution in [0.3, 0.4) is 0 Å². The van der Waals surface area contributed by atoms with E-state index in [1.165, 1.54) is 0 Å². The summed E-state index contributed by atoms with van der Waals surface area (Å²) in [4.78, 5) is 14.4. The number of aryl methyl sites for hydroxylation is 1. The first-order valence-electron chi connectivity index (χ1n) is 6.74. The van der Waals surface area contributed by atoms with Gasteiger partial charge >= 0.3 is 0 Å². The van der Waals surface area contributed by atoms with Crippen LogP contribution in [0.4, 0.5) is 0 Å². The van der Waals surface area contributed by atoms with E-state index in [0.29, 0.717) is 5.92 Å². The molecule has 0 spiro atoms. The van der Waals surface area contributed by atoms with E-state index < -0.39 is 0 Å². The summed E-state index contributed by atoms with van der Waals surface area (Å²) in [5.41, 5.74) is 1.96. The van der Waals surface area contributed by atoms with E-state index in [-0.39, 0.29) is 12.5 Å². The maximum atomic E-state index is 12.4. The molecule has 2 rings (SSSR count). The topological polar surface area (TPSA) is 40.5 Å². The number of aliphatic hydroxyl groups is 1. The Kier molecular flexibility index (Phi) is 4.37. The van der Waals surface area contributed by atoms with Crippen molar-refractivity contribution in [3.05, 3.63) is 35.4 Å². The second-order valence-electron chi connectivity index (χ2n) is 4.93. The van der Waals surface area contributed by atoms with Crippen molar-refractivity contribution in [1.29, 1.82) is 0 Å². The van der Waals surface area contributed by atoms with Gasteiger partial charge in [0.2, 0.25) is 0 Å². The third-order valence-electron chi connectivity index (χ3n) is 3.74. The second-order valence-corrected chi connectivity index (χ2v) is 4.93. The number of amides is 1. The Morgan fingerprint density at radius 3 is 2.94 bits per heavy atom. The van der Waals surface area contributed by atoms with Crippen molar-refractivity contribution in [1.82, 2.24) is 4.90 Å². The summed E-state index contributed by atoms with van der Waals surface area (Å²) >= 11 is 0. The van der Waals surface area contributed by atoms with Crippen LogP contribution in [0, 0.1) is 5.92 Å². The van der Waals surface area contributed by atoms with Gasteiger partial charge in [0.1, 0.15) is 0 Å². The molecular weight excluding hydrogens is 226 g/mol. The molecule has 1 heterocycles. The first-order valence-corrected chi connectivity index (χ1v) is 6.74. The van der Waals surface area contributed by atoms with Gasteiger partial charge in [-0.15, -0.1) is 0 Å². The number of nitrogens with zero attached hydrogens (tertiary/aromatic N) is 1. The number of benzene rings is 1. The van der Waals surface area contributed by atoms with Gasteiger partial charge in [0.25, 0.3) is 5.91 Å². The van der Waals surface area contributed by atoms with Gasteiger partial charge in [-0.2, -0.15) is 0 Å². The molecule has 1 N–H and O–H groups in total. The van der Waals surface area contributed by atoms with Gasteiger partial charge < -0.3 is 10.0 Å². The number of rotatable bonds is 4. The van der Waals surface area contributed by atoms with Gasteiger partial charge in [-0.3, -0.25) is 4.79 Å². The van der Waals surface area contributed by atoms with E-state index >= 15 is 0 Å². The predicted octanol–water partition coefficient (Wildman–Crippen LogP) is 2.09. The zero-order valence-electron chi connectivity index (χ0n) is 10.9. The van der Waals surface area contributed by atoms with Crippen molar-refractivity contribution in [2.75, 3.05) is 19.7 Å². The molecule has 1 aromatic carbocycles. The Hall–Kier alpha value is -1.35. The minimum atomic E-state index is 0.146. The minimum absolute atomic E-state index is 0.146. The summed E-state index contributed by atoms with van der Waals surface area (Å²) in [6, 6.07) is 7.84. The molecule has 98 valence electrons. The van der Waals surface area contributed by atoms with E-state index in [1.807, 2.05) is 29.2 Å². The molecule has 1 aliphatic rings. The Morgan fingerprint density at radius 1 is 1.44 bits per heavy atom. The first-order chi connectivity index (χ1) is 8.76.